The number of alkyl carbamates (subject to hydrolysis) is 2. The molecular formula is C55H86N4O14. The van der Waals surface area contributed by atoms with Gasteiger partial charge in [0.1, 0.15) is 23.3 Å². The highest BCUT2D eigenvalue weighted by Crippen LogP contribution is 2.66. The van der Waals surface area contributed by atoms with E-state index in [4.69, 9.17) is 9.47 Å². The van der Waals surface area contributed by atoms with Crippen molar-refractivity contribution in [1.82, 2.24) is 20.4 Å². The van der Waals surface area contributed by atoms with Gasteiger partial charge < -0.3 is 39.8 Å². The first kappa shape index (κ1) is 59.0. The van der Waals surface area contributed by atoms with Crippen LogP contribution < -0.4 is 10.6 Å². The van der Waals surface area contributed by atoms with Crippen molar-refractivity contribution in [1.29, 1.82) is 0 Å². The molecule has 6 aliphatic rings. The van der Waals surface area contributed by atoms with E-state index in [1.807, 2.05) is 41.5 Å². The summed E-state index contributed by atoms with van der Waals surface area (Å²) >= 11 is 0. The number of rotatable bonds is 18. The molecule has 0 radical (unpaired) electrons. The Morgan fingerprint density at radius 3 is 1.16 bits per heavy atom. The van der Waals surface area contributed by atoms with Crippen LogP contribution in [0.25, 0.3) is 0 Å². The van der Waals surface area contributed by atoms with Crippen LogP contribution in [-0.2, 0) is 52.6 Å². The van der Waals surface area contributed by atoms with E-state index in [0.717, 1.165) is 32.8 Å². The number of carboxylic acid groups (broad SMARTS) is 1. The molecule has 4 amide bonds. The first-order chi connectivity index (χ1) is 33.2. The third-order valence-corrected chi connectivity index (χ3v) is 16.1. The highest BCUT2D eigenvalue weighted by atomic mass is 16.6. The van der Waals surface area contributed by atoms with Crippen LogP contribution in [-0.4, -0.2) is 130 Å². The van der Waals surface area contributed by atoms with Gasteiger partial charge in [0.2, 0.25) is 23.4 Å². The van der Waals surface area contributed by atoms with Gasteiger partial charge in [-0.05, 0) is 112 Å². The number of piperidine rings is 2. The zero-order chi connectivity index (χ0) is 55.5. The minimum atomic E-state index is -1.52. The predicted octanol–water partition coefficient (Wildman–Crippen LogP) is 6.96. The van der Waals surface area contributed by atoms with Gasteiger partial charge in [-0.15, -0.1) is 0 Å². The van der Waals surface area contributed by atoms with Gasteiger partial charge in [0.05, 0.1) is 19.2 Å². The lowest BCUT2D eigenvalue weighted by molar-refractivity contribution is -0.154. The smallest absolute Gasteiger partial charge is 0.408 e. The van der Waals surface area contributed by atoms with Crippen LogP contribution >= 0.6 is 0 Å². The number of nitrogens with one attached hydrogen (secondary N) is 2. The third kappa shape index (κ3) is 14.3. The van der Waals surface area contributed by atoms with Gasteiger partial charge in [-0.2, -0.15) is 0 Å². The van der Waals surface area contributed by atoms with Crippen molar-refractivity contribution in [2.24, 2.45) is 69.0 Å². The van der Waals surface area contributed by atoms with Crippen molar-refractivity contribution in [3.63, 3.8) is 0 Å². The molecule has 73 heavy (non-hydrogen) atoms. The third-order valence-electron chi connectivity index (χ3n) is 16.1. The summed E-state index contributed by atoms with van der Waals surface area (Å²) in [5, 5.41) is 14.7. The van der Waals surface area contributed by atoms with E-state index in [9.17, 15) is 53.1 Å². The fraction of sp³-hybridized carbons (Fsp3) is 0.818. The molecule has 0 aromatic carbocycles. The molecule has 4 unspecified atom stereocenters. The van der Waals surface area contributed by atoms with Gasteiger partial charge >= 0.3 is 24.1 Å². The van der Waals surface area contributed by atoms with Crippen LogP contribution in [0, 0.1) is 69.0 Å². The van der Waals surface area contributed by atoms with Crippen LogP contribution in [0.5, 0.6) is 0 Å². The molecule has 2 heterocycles. The topological polar surface area (TPSA) is 249 Å². The molecule has 18 nitrogen and oxygen atoms in total. The number of carbonyl (C=O) groups is 10. The molecule has 4 saturated carbocycles. The molecule has 10 atom stereocenters. The van der Waals surface area contributed by atoms with Crippen molar-refractivity contribution in [3.8, 4) is 0 Å². The molecule has 6 rings (SSSR count). The number of likely N-dealkylation sites (tertiary alicyclic amines) is 2. The summed E-state index contributed by atoms with van der Waals surface area (Å²) in [6, 6.07) is -3.28. The fourth-order valence-electron chi connectivity index (χ4n) is 11.5. The van der Waals surface area contributed by atoms with E-state index >= 15 is 0 Å². The number of amides is 4. The van der Waals surface area contributed by atoms with E-state index in [1.165, 1.54) is 0 Å². The van der Waals surface area contributed by atoms with Crippen molar-refractivity contribution in [2.45, 2.75) is 198 Å². The Labute approximate surface area is 432 Å². The van der Waals surface area contributed by atoms with E-state index in [1.54, 1.807) is 51.3 Å². The van der Waals surface area contributed by atoms with Gasteiger partial charge in [0.25, 0.3) is 0 Å². The maximum atomic E-state index is 13.9. The number of fused-ring (bicyclic) bond motifs is 2. The molecule has 6 fully saturated rings. The Bertz CT molecular complexity index is 2200. The number of carboxylic acids is 1. The molecule has 3 N–H and O–H groups in total. The lowest BCUT2D eigenvalue weighted by Gasteiger charge is -2.38. The minimum absolute atomic E-state index is 0.0269. The van der Waals surface area contributed by atoms with Crippen LogP contribution in [0.1, 0.15) is 162 Å². The highest BCUT2D eigenvalue weighted by Gasteiger charge is 2.71. The lowest BCUT2D eigenvalue weighted by Crippen LogP contribution is -2.58. The van der Waals surface area contributed by atoms with E-state index in [2.05, 4.69) is 43.1 Å². The first-order valence-corrected chi connectivity index (χ1v) is 26.3. The molecule has 410 valence electrons. The summed E-state index contributed by atoms with van der Waals surface area (Å²) in [5.74, 6) is -6.05. The Balaban J connectivity index is 0.000000271. The molecule has 4 aliphatic carbocycles. The Morgan fingerprint density at radius 2 is 0.890 bits per heavy atom. The van der Waals surface area contributed by atoms with Crippen molar-refractivity contribution >= 4 is 59.1 Å². The van der Waals surface area contributed by atoms with Gasteiger partial charge in [-0.25, -0.2) is 19.2 Å². The number of ketones is 4. The number of aliphatic carboxylic acids is 1. The number of hydrogen-bond donors (Lipinski definition) is 3. The number of esters is 1. The first-order valence-electron chi connectivity index (χ1n) is 26.3. The number of Topliss-reactive ketones (excluding diaryl/α,β-unsaturated/α-hetero) is 4. The molecule has 0 aromatic heterocycles. The second-order valence-electron chi connectivity index (χ2n) is 27.3. The van der Waals surface area contributed by atoms with Gasteiger partial charge in [0.15, 0.2) is 11.6 Å². The molecule has 0 bridgehead atoms. The Hall–Kier alpha value is -4.90. The number of nitrogens with zero attached hydrogens (tertiary/aromatic N) is 2. The highest BCUT2D eigenvalue weighted by molar-refractivity contribution is 6.35. The van der Waals surface area contributed by atoms with E-state index < -0.39 is 93.7 Å². The maximum Gasteiger partial charge on any atom is 0.408 e. The SMILES string of the molecule is CC(C)(C)OC(=O)N[C@H](C(=O)N1CC2[C@@H]([C@H]1C(=O)CC(CC1CC1)C(=O)C(=O)O)C2(C)C)C(C)(C)C.COC(=O)C(=O)C(CC(=O)[C@@H]1[C@@H]2C(CN1C(=O)[C@@H](NC(=O)OC(C)(C)C)C(C)(C)C)C2(C)C)CC1CC1. The second-order valence-corrected chi connectivity index (χ2v) is 27.3. The Kier molecular flexibility index (Phi) is 17.0. The summed E-state index contributed by atoms with van der Waals surface area (Å²) in [4.78, 5) is 132. The molecular weight excluding hydrogens is 941 g/mol. The Morgan fingerprint density at radius 1 is 0.562 bits per heavy atom. The van der Waals surface area contributed by atoms with Crippen LogP contribution in [0.2, 0.25) is 0 Å². The predicted molar refractivity (Wildman–Crippen MR) is 268 cm³/mol. The molecule has 0 aromatic rings. The zero-order valence-electron chi connectivity index (χ0n) is 46.6. The number of ether oxygens (including phenoxy) is 3. The number of hydrogen-bond acceptors (Lipinski definition) is 13. The second kappa shape index (κ2) is 21.0. The monoisotopic (exact) mass is 1030 g/mol. The van der Waals surface area contributed by atoms with Crippen LogP contribution in [0.15, 0.2) is 0 Å². The summed E-state index contributed by atoms with van der Waals surface area (Å²) in [7, 11) is 1.16. The normalized spacial score (nSPS) is 26.2. The zero-order valence-corrected chi connectivity index (χ0v) is 46.6. The van der Waals surface area contributed by atoms with Crippen molar-refractivity contribution < 1.29 is 67.3 Å². The van der Waals surface area contributed by atoms with Gasteiger partial charge in [-0.1, -0.05) is 94.9 Å². The number of carbonyl (C=O) groups excluding carboxylic acids is 9. The van der Waals surface area contributed by atoms with Crippen molar-refractivity contribution in [2.75, 3.05) is 20.2 Å². The van der Waals surface area contributed by atoms with Gasteiger partial charge in [0, 0.05) is 37.8 Å². The van der Waals surface area contributed by atoms with Crippen LogP contribution in [0.3, 0.4) is 0 Å². The molecule has 2 saturated heterocycles. The molecule has 2 aliphatic heterocycles. The van der Waals surface area contributed by atoms with E-state index in [-0.39, 0.29) is 76.6 Å². The fourth-order valence-corrected chi connectivity index (χ4v) is 11.5. The van der Waals surface area contributed by atoms with Crippen LogP contribution in [0.4, 0.5) is 9.59 Å². The standard InChI is InChI=1S/C28H44N2O7.C27H42N2O7/c1-26(2,3)22(29-25(35)37-27(4,5)6)23(33)30-14-17-19(28(17,7)8)20(30)18(31)13-16(12-15-10-11-15)21(32)24(34)36-9;1-25(2,3)21(28-24(35)36-26(4,5)6)22(32)29-13-16-18(27(16,7)8)19(29)17(30)12-15(11-14-9-10-14)20(31)23(33)34/h15-17,19-20,22H,10-14H2,1-9H3,(H,29,35);14-16,18-19,21H,9-13H2,1-8H3,(H,28,35)(H,33,34)/t16?,17?,19-,20+,22+;15?,16?,18-,19+,21+/m00/s1. The van der Waals surface area contributed by atoms with Gasteiger partial charge in [-0.3, -0.25) is 28.8 Å². The van der Waals surface area contributed by atoms with Crippen molar-refractivity contribution in [3.05, 3.63) is 0 Å². The average Bonchev–Trinajstić information content (AvgIpc) is 4.21. The largest absolute Gasteiger partial charge is 0.475 e. The summed E-state index contributed by atoms with van der Waals surface area (Å²) in [5.41, 5.74) is -2.99. The maximum absolute atomic E-state index is 13.9. The average molecular weight is 1030 g/mol. The molecule has 18 heteroatoms. The number of methoxy groups -OCH3 is 1. The van der Waals surface area contributed by atoms with E-state index in [0.29, 0.717) is 31.8 Å². The molecule has 0 spiro atoms. The summed E-state index contributed by atoms with van der Waals surface area (Å²) < 4.78 is 15.4. The summed E-state index contributed by atoms with van der Waals surface area (Å²) in [6.45, 7) is 30.6. The summed E-state index contributed by atoms with van der Waals surface area (Å²) in [6.07, 6.45) is 3.01. The lowest BCUT2D eigenvalue weighted by atomic mass is 9.84. The minimum Gasteiger partial charge on any atom is -0.475 e. The quantitative estimate of drug-likeness (QED) is 0.0713.